The summed E-state index contributed by atoms with van der Waals surface area (Å²) in [5.74, 6) is 1.86. The maximum absolute atomic E-state index is 11.2. The van der Waals surface area contributed by atoms with Crippen molar-refractivity contribution >= 4 is 29.0 Å². The molecule has 0 bridgehead atoms. The molecular formula is C22H19N5OS2. The van der Waals surface area contributed by atoms with Crippen LogP contribution in [0.1, 0.15) is 40.6 Å². The summed E-state index contributed by atoms with van der Waals surface area (Å²) in [4.78, 5) is 16.0. The highest BCUT2D eigenvalue weighted by Gasteiger charge is 2.31. The number of para-hydroxylation sites is 1. The summed E-state index contributed by atoms with van der Waals surface area (Å²) >= 11 is 3.24. The maximum atomic E-state index is 11.2. The molecule has 6 nitrogen and oxygen atoms in total. The van der Waals surface area contributed by atoms with Crippen LogP contribution in [0.15, 0.2) is 65.1 Å². The first-order chi connectivity index (χ1) is 14.7. The Hall–Kier alpha value is -2.97. The van der Waals surface area contributed by atoms with Crippen molar-refractivity contribution in [2.24, 2.45) is 5.73 Å². The topological polar surface area (TPSA) is 86.7 Å². The van der Waals surface area contributed by atoms with Crippen molar-refractivity contribution in [2.45, 2.75) is 29.7 Å². The summed E-state index contributed by atoms with van der Waals surface area (Å²) in [5.41, 5.74) is 8.88. The molecule has 2 aromatic carbocycles. The monoisotopic (exact) mass is 433 g/mol. The van der Waals surface area contributed by atoms with Crippen molar-refractivity contribution in [3.05, 3.63) is 77.1 Å². The highest BCUT2D eigenvalue weighted by atomic mass is 32.2. The van der Waals surface area contributed by atoms with Crippen molar-refractivity contribution in [2.75, 3.05) is 0 Å². The summed E-state index contributed by atoms with van der Waals surface area (Å²) in [6.45, 7) is 0. The Kier molecular flexibility index (Phi) is 5.10. The number of nitrogens with two attached hydrogens (primary N) is 1. The first kappa shape index (κ1) is 19.0. The smallest absolute Gasteiger partial charge is 0.248 e. The second kappa shape index (κ2) is 8.04. The number of carbonyl (C=O) groups is 1. The van der Waals surface area contributed by atoms with E-state index in [1.54, 1.807) is 35.2 Å². The predicted octanol–water partition coefficient (Wildman–Crippen LogP) is 4.66. The minimum Gasteiger partial charge on any atom is -0.366 e. The van der Waals surface area contributed by atoms with E-state index in [0.717, 1.165) is 32.9 Å². The van der Waals surface area contributed by atoms with Crippen LogP contribution in [0.5, 0.6) is 0 Å². The molecule has 8 heteroatoms. The molecule has 2 aromatic heterocycles. The average Bonchev–Trinajstić information content (AvgIpc) is 3.36. The van der Waals surface area contributed by atoms with Crippen LogP contribution in [0.3, 0.4) is 0 Å². The molecule has 0 spiro atoms. The van der Waals surface area contributed by atoms with Gasteiger partial charge < -0.3 is 5.73 Å². The molecular weight excluding hydrogens is 414 g/mol. The molecule has 0 atom stereocenters. The molecule has 0 aliphatic heterocycles. The van der Waals surface area contributed by atoms with Crippen LogP contribution in [0, 0.1) is 0 Å². The van der Waals surface area contributed by atoms with E-state index in [1.165, 1.54) is 12.8 Å². The first-order valence-corrected chi connectivity index (χ1v) is 11.5. The normalized spacial score (nSPS) is 13.5. The van der Waals surface area contributed by atoms with Crippen molar-refractivity contribution in [1.29, 1.82) is 0 Å². The molecule has 0 radical (unpaired) electrons. The number of carbonyl (C=O) groups excluding carboxylic acids is 1. The SMILES string of the molecule is NC(=O)c1ccc(-c2nc(CSc3nnc(C4CC4)n3-c3ccccc3)cs2)cc1. The molecule has 1 aliphatic carbocycles. The van der Waals surface area contributed by atoms with Gasteiger partial charge in [-0.3, -0.25) is 9.36 Å². The van der Waals surface area contributed by atoms with Gasteiger partial charge in [-0.1, -0.05) is 42.1 Å². The van der Waals surface area contributed by atoms with Crippen molar-refractivity contribution in [3.63, 3.8) is 0 Å². The number of benzene rings is 2. The number of primary amides is 1. The van der Waals surface area contributed by atoms with Crippen LogP contribution in [0.2, 0.25) is 0 Å². The number of rotatable bonds is 7. The lowest BCUT2D eigenvalue weighted by Gasteiger charge is -2.09. The fourth-order valence-corrected chi connectivity index (χ4v) is 5.00. The second-order valence-corrected chi connectivity index (χ2v) is 8.96. The second-order valence-electron chi connectivity index (χ2n) is 7.16. The zero-order valence-corrected chi connectivity index (χ0v) is 17.7. The highest BCUT2D eigenvalue weighted by molar-refractivity contribution is 7.98. The van der Waals surface area contributed by atoms with Crippen molar-refractivity contribution in [3.8, 4) is 16.3 Å². The van der Waals surface area contributed by atoms with E-state index < -0.39 is 5.91 Å². The zero-order chi connectivity index (χ0) is 20.5. The van der Waals surface area contributed by atoms with E-state index in [9.17, 15) is 4.79 Å². The molecule has 0 unspecified atom stereocenters. The number of aromatic nitrogens is 4. The van der Waals surface area contributed by atoms with Gasteiger partial charge in [0.2, 0.25) is 5.91 Å². The molecule has 1 aliphatic rings. The molecule has 4 aromatic rings. The summed E-state index contributed by atoms with van der Waals surface area (Å²) in [5, 5.41) is 12.8. The van der Waals surface area contributed by atoms with Gasteiger partial charge in [-0.05, 0) is 37.1 Å². The summed E-state index contributed by atoms with van der Waals surface area (Å²) in [6, 6.07) is 17.5. The largest absolute Gasteiger partial charge is 0.366 e. The van der Waals surface area contributed by atoms with Gasteiger partial charge in [-0.2, -0.15) is 0 Å². The molecule has 0 saturated heterocycles. The molecule has 1 fully saturated rings. The van der Waals surface area contributed by atoms with Crippen molar-refractivity contribution in [1.82, 2.24) is 19.7 Å². The lowest BCUT2D eigenvalue weighted by molar-refractivity contribution is 0.100. The van der Waals surface area contributed by atoms with Gasteiger partial charge in [-0.25, -0.2) is 4.98 Å². The van der Waals surface area contributed by atoms with E-state index in [0.29, 0.717) is 17.2 Å². The van der Waals surface area contributed by atoms with E-state index in [4.69, 9.17) is 10.7 Å². The fourth-order valence-electron chi connectivity index (χ4n) is 3.22. The minimum atomic E-state index is -0.425. The molecule has 1 amide bonds. The lowest BCUT2D eigenvalue weighted by atomic mass is 10.1. The Morgan fingerprint density at radius 3 is 2.57 bits per heavy atom. The Morgan fingerprint density at radius 2 is 1.87 bits per heavy atom. The maximum Gasteiger partial charge on any atom is 0.248 e. The highest BCUT2D eigenvalue weighted by Crippen LogP contribution is 2.41. The van der Waals surface area contributed by atoms with Crippen LogP contribution in [0.4, 0.5) is 0 Å². The number of thiazole rings is 1. The quantitative estimate of drug-likeness (QED) is 0.428. The molecule has 1 saturated carbocycles. The van der Waals surface area contributed by atoms with Crippen LogP contribution in [-0.2, 0) is 5.75 Å². The lowest BCUT2D eigenvalue weighted by Crippen LogP contribution is -2.10. The van der Waals surface area contributed by atoms with Crippen LogP contribution in [-0.4, -0.2) is 25.7 Å². The van der Waals surface area contributed by atoms with E-state index >= 15 is 0 Å². The summed E-state index contributed by atoms with van der Waals surface area (Å²) < 4.78 is 2.18. The number of amides is 1. The van der Waals surface area contributed by atoms with Gasteiger partial charge >= 0.3 is 0 Å². The molecule has 150 valence electrons. The summed E-state index contributed by atoms with van der Waals surface area (Å²) in [7, 11) is 0. The van der Waals surface area contributed by atoms with Gasteiger partial charge in [0.1, 0.15) is 10.8 Å². The standard InChI is InChI=1S/C22H19N5OS2/c23-19(28)14-6-10-16(11-7-14)21-24-17(12-29-21)13-30-22-26-25-20(15-8-9-15)27(22)18-4-2-1-3-5-18/h1-7,10-12,15H,8-9,13H2,(H2,23,28). The number of nitrogens with zero attached hydrogens (tertiary/aromatic N) is 4. The van der Waals surface area contributed by atoms with Gasteiger partial charge in [0, 0.05) is 33.9 Å². The van der Waals surface area contributed by atoms with E-state index in [2.05, 4.69) is 32.3 Å². The Labute approximate surface area is 182 Å². The van der Waals surface area contributed by atoms with Crippen LogP contribution in [0.25, 0.3) is 16.3 Å². The molecule has 2 heterocycles. The van der Waals surface area contributed by atoms with E-state index in [1.807, 2.05) is 30.3 Å². The third-order valence-electron chi connectivity index (χ3n) is 4.93. The van der Waals surface area contributed by atoms with Crippen LogP contribution >= 0.6 is 23.1 Å². The number of hydrogen-bond donors (Lipinski definition) is 1. The van der Waals surface area contributed by atoms with E-state index in [-0.39, 0.29) is 0 Å². The van der Waals surface area contributed by atoms with Gasteiger partial charge in [0.05, 0.1) is 5.69 Å². The third kappa shape index (κ3) is 3.88. The molecule has 2 N–H and O–H groups in total. The molecule has 30 heavy (non-hydrogen) atoms. The minimum absolute atomic E-state index is 0.425. The molecule has 5 rings (SSSR count). The van der Waals surface area contributed by atoms with Crippen LogP contribution < -0.4 is 5.73 Å². The zero-order valence-electron chi connectivity index (χ0n) is 16.1. The van der Waals surface area contributed by atoms with Gasteiger partial charge in [0.25, 0.3) is 0 Å². The number of thioether (sulfide) groups is 1. The first-order valence-electron chi connectivity index (χ1n) is 9.67. The average molecular weight is 434 g/mol. The third-order valence-corrected chi connectivity index (χ3v) is 6.84. The van der Waals surface area contributed by atoms with Gasteiger partial charge in [0.15, 0.2) is 5.16 Å². The Bertz CT molecular complexity index is 1180. The summed E-state index contributed by atoms with van der Waals surface area (Å²) in [6.07, 6.45) is 2.36. The van der Waals surface area contributed by atoms with Crippen molar-refractivity contribution < 1.29 is 4.79 Å². The Balaban J connectivity index is 1.34. The predicted molar refractivity (Wildman–Crippen MR) is 119 cm³/mol. The fraction of sp³-hybridized carbons (Fsp3) is 0.182. The Morgan fingerprint density at radius 1 is 1.10 bits per heavy atom. The van der Waals surface area contributed by atoms with Gasteiger partial charge in [-0.15, -0.1) is 21.5 Å². The number of hydrogen-bond acceptors (Lipinski definition) is 6.